The summed E-state index contributed by atoms with van der Waals surface area (Å²) in [5, 5.41) is 8.26. The number of nitrogens with zero attached hydrogens (tertiary/aromatic N) is 6. The van der Waals surface area contributed by atoms with Crippen LogP contribution in [0.4, 0.5) is 0 Å². The topological polar surface area (TPSA) is 94.0 Å². The molecule has 3 aromatic heterocycles. The fourth-order valence-corrected chi connectivity index (χ4v) is 3.69. The van der Waals surface area contributed by atoms with E-state index in [0.29, 0.717) is 35.7 Å². The quantitative estimate of drug-likeness (QED) is 0.509. The van der Waals surface area contributed by atoms with Gasteiger partial charge in [-0.25, -0.2) is 0 Å². The van der Waals surface area contributed by atoms with E-state index < -0.39 is 0 Å². The summed E-state index contributed by atoms with van der Waals surface area (Å²) >= 11 is 0. The van der Waals surface area contributed by atoms with Crippen LogP contribution in [-0.2, 0) is 6.54 Å². The number of hydrogen-bond donors (Lipinski definition) is 0. The maximum atomic E-state index is 5.55. The minimum atomic E-state index is 0.0359. The summed E-state index contributed by atoms with van der Waals surface area (Å²) in [4.78, 5) is 15.7. The molecule has 1 fully saturated rings. The standard InChI is InChI=1S/C21H20N6O2/c1-14-7-2-3-8-15(14)19-23-18(28-25-19)13-27-12-6-10-17(27)21-24-20(26-29-21)16-9-4-5-11-22-16/h2-5,7-9,11,17H,6,10,12-13H2,1H3. The molecule has 8 heteroatoms. The molecule has 1 saturated heterocycles. The van der Waals surface area contributed by atoms with Gasteiger partial charge in [0.15, 0.2) is 0 Å². The van der Waals surface area contributed by atoms with Crippen LogP contribution >= 0.6 is 0 Å². The number of likely N-dealkylation sites (tertiary alicyclic amines) is 1. The number of hydrogen-bond acceptors (Lipinski definition) is 8. The summed E-state index contributed by atoms with van der Waals surface area (Å²) in [5.74, 6) is 2.30. The van der Waals surface area contributed by atoms with Gasteiger partial charge in [0, 0.05) is 11.8 Å². The highest BCUT2D eigenvalue weighted by Crippen LogP contribution is 2.33. The SMILES string of the molecule is Cc1ccccc1-c1noc(CN2CCCC2c2nc(-c3ccccn3)no2)n1. The third-order valence-corrected chi connectivity index (χ3v) is 5.18. The lowest BCUT2D eigenvalue weighted by atomic mass is 10.1. The molecule has 0 bridgehead atoms. The van der Waals surface area contributed by atoms with E-state index in [-0.39, 0.29) is 6.04 Å². The fourth-order valence-electron chi connectivity index (χ4n) is 3.69. The van der Waals surface area contributed by atoms with E-state index in [2.05, 4.69) is 30.2 Å². The first-order valence-corrected chi connectivity index (χ1v) is 9.65. The number of aryl methyl sites for hydroxylation is 1. The maximum absolute atomic E-state index is 5.55. The van der Waals surface area contributed by atoms with E-state index in [1.807, 2.05) is 49.4 Å². The van der Waals surface area contributed by atoms with Crippen LogP contribution in [0, 0.1) is 6.92 Å². The Labute approximate surface area is 167 Å². The zero-order valence-electron chi connectivity index (χ0n) is 16.0. The van der Waals surface area contributed by atoms with Crippen molar-refractivity contribution < 1.29 is 9.05 Å². The van der Waals surface area contributed by atoms with Gasteiger partial charge in [0.1, 0.15) is 5.69 Å². The van der Waals surface area contributed by atoms with Crippen molar-refractivity contribution in [1.82, 2.24) is 30.2 Å². The Morgan fingerprint density at radius 1 is 1.00 bits per heavy atom. The molecule has 0 radical (unpaired) electrons. The van der Waals surface area contributed by atoms with Crippen molar-refractivity contribution in [2.24, 2.45) is 0 Å². The van der Waals surface area contributed by atoms with Crippen LogP contribution in [0.3, 0.4) is 0 Å². The molecule has 29 heavy (non-hydrogen) atoms. The molecule has 1 aliphatic heterocycles. The highest BCUT2D eigenvalue weighted by atomic mass is 16.5. The van der Waals surface area contributed by atoms with Crippen LogP contribution in [-0.4, -0.2) is 36.7 Å². The Morgan fingerprint density at radius 3 is 2.72 bits per heavy atom. The summed E-state index contributed by atoms with van der Waals surface area (Å²) in [6.07, 6.45) is 3.71. The lowest BCUT2D eigenvalue weighted by Gasteiger charge is -2.18. The average molecular weight is 388 g/mol. The zero-order chi connectivity index (χ0) is 19.6. The predicted molar refractivity (Wildman–Crippen MR) is 104 cm³/mol. The van der Waals surface area contributed by atoms with Gasteiger partial charge in [-0.1, -0.05) is 40.6 Å². The average Bonchev–Trinajstić information content (AvgIpc) is 3.50. The second-order valence-electron chi connectivity index (χ2n) is 7.13. The molecule has 4 aromatic rings. The first-order valence-electron chi connectivity index (χ1n) is 9.65. The Bertz CT molecular complexity index is 1110. The van der Waals surface area contributed by atoms with Gasteiger partial charge in [-0.2, -0.15) is 9.97 Å². The summed E-state index contributed by atoms with van der Waals surface area (Å²) in [5.41, 5.74) is 2.80. The molecule has 0 spiro atoms. The number of pyridine rings is 1. The van der Waals surface area contributed by atoms with Gasteiger partial charge in [0.05, 0.1) is 12.6 Å². The summed E-state index contributed by atoms with van der Waals surface area (Å²) in [6, 6.07) is 13.7. The first-order chi connectivity index (χ1) is 14.3. The minimum Gasteiger partial charge on any atom is -0.338 e. The van der Waals surface area contributed by atoms with Crippen molar-refractivity contribution >= 4 is 0 Å². The van der Waals surface area contributed by atoms with Gasteiger partial charge in [0.25, 0.3) is 0 Å². The van der Waals surface area contributed by atoms with Gasteiger partial charge >= 0.3 is 0 Å². The lowest BCUT2D eigenvalue weighted by Crippen LogP contribution is -2.23. The van der Waals surface area contributed by atoms with Crippen molar-refractivity contribution in [3.8, 4) is 22.9 Å². The van der Waals surface area contributed by atoms with Gasteiger partial charge < -0.3 is 9.05 Å². The van der Waals surface area contributed by atoms with E-state index in [1.54, 1.807) is 6.20 Å². The van der Waals surface area contributed by atoms with E-state index in [4.69, 9.17) is 9.05 Å². The monoisotopic (exact) mass is 388 g/mol. The van der Waals surface area contributed by atoms with E-state index >= 15 is 0 Å². The van der Waals surface area contributed by atoms with Crippen molar-refractivity contribution in [3.05, 3.63) is 66.0 Å². The molecular formula is C21H20N6O2. The first kappa shape index (κ1) is 17.7. The molecule has 1 atom stereocenters. The number of rotatable bonds is 5. The highest BCUT2D eigenvalue weighted by molar-refractivity contribution is 5.58. The van der Waals surface area contributed by atoms with Gasteiger partial charge in [0.2, 0.25) is 23.4 Å². The molecule has 1 aliphatic rings. The van der Waals surface area contributed by atoms with Crippen LogP contribution in [0.15, 0.2) is 57.7 Å². The molecule has 5 rings (SSSR count). The van der Waals surface area contributed by atoms with Crippen LogP contribution in [0.2, 0.25) is 0 Å². The number of aromatic nitrogens is 5. The normalized spacial score (nSPS) is 17.1. The Balaban J connectivity index is 1.33. The number of benzene rings is 1. The third-order valence-electron chi connectivity index (χ3n) is 5.18. The lowest BCUT2D eigenvalue weighted by molar-refractivity contribution is 0.179. The van der Waals surface area contributed by atoms with E-state index in [0.717, 1.165) is 30.5 Å². The Morgan fingerprint density at radius 2 is 1.86 bits per heavy atom. The Hall–Kier alpha value is -3.39. The molecule has 8 nitrogen and oxygen atoms in total. The van der Waals surface area contributed by atoms with Crippen LogP contribution in [0.25, 0.3) is 22.9 Å². The molecular weight excluding hydrogens is 368 g/mol. The van der Waals surface area contributed by atoms with Gasteiger partial charge in [-0.05, 0) is 44.0 Å². The molecule has 0 saturated carbocycles. The molecule has 146 valence electrons. The second-order valence-corrected chi connectivity index (χ2v) is 7.13. The van der Waals surface area contributed by atoms with Crippen molar-refractivity contribution in [3.63, 3.8) is 0 Å². The van der Waals surface area contributed by atoms with Crippen LogP contribution < -0.4 is 0 Å². The highest BCUT2D eigenvalue weighted by Gasteiger charge is 2.32. The molecule has 0 aliphatic carbocycles. The Kier molecular flexibility index (Phi) is 4.61. The van der Waals surface area contributed by atoms with E-state index in [9.17, 15) is 0 Å². The van der Waals surface area contributed by atoms with Crippen molar-refractivity contribution in [1.29, 1.82) is 0 Å². The largest absolute Gasteiger partial charge is 0.338 e. The van der Waals surface area contributed by atoms with Gasteiger partial charge in [-0.15, -0.1) is 0 Å². The summed E-state index contributed by atoms with van der Waals surface area (Å²) in [7, 11) is 0. The summed E-state index contributed by atoms with van der Waals surface area (Å²) in [6.45, 7) is 3.50. The molecule has 0 N–H and O–H groups in total. The zero-order valence-corrected chi connectivity index (χ0v) is 16.0. The molecule has 0 amide bonds. The molecule has 1 aromatic carbocycles. The fraction of sp³-hybridized carbons (Fsp3) is 0.286. The minimum absolute atomic E-state index is 0.0359. The molecule has 4 heterocycles. The van der Waals surface area contributed by atoms with Gasteiger partial charge in [-0.3, -0.25) is 9.88 Å². The third kappa shape index (κ3) is 3.54. The van der Waals surface area contributed by atoms with Crippen LogP contribution in [0.5, 0.6) is 0 Å². The van der Waals surface area contributed by atoms with Crippen molar-refractivity contribution in [2.75, 3.05) is 6.54 Å². The summed E-state index contributed by atoms with van der Waals surface area (Å²) < 4.78 is 11.1. The van der Waals surface area contributed by atoms with Crippen LogP contribution in [0.1, 0.15) is 36.2 Å². The second kappa shape index (κ2) is 7.56. The van der Waals surface area contributed by atoms with E-state index in [1.165, 1.54) is 0 Å². The smallest absolute Gasteiger partial charge is 0.244 e. The maximum Gasteiger partial charge on any atom is 0.244 e. The molecule has 1 unspecified atom stereocenters. The van der Waals surface area contributed by atoms with Crippen molar-refractivity contribution in [2.45, 2.75) is 32.4 Å². The predicted octanol–water partition coefficient (Wildman–Crippen LogP) is 3.83.